The summed E-state index contributed by atoms with van der Waals surface area (Å²) in [6.07, 6.45) is 0.906. The first-order chi connectivity index (χ1) is 10.4. The number of benzene rings is 1. The molecule has 0 radical (unpaired) electrons. The van der Waals surface area contributed by atoms with Gasteiger partial charge in [-0.1, -0.05) is 0 Å². The molecule has 0 atom stereocenters. The number of methoxy groups -OCH3 is 2. The van der Waals surface area contributed by atoms with E-state index in [9.17, 15) is 4.79 Å². The van der Waals surface area contributed by atoms with Crippen LogP contribution >= 0.6 is 0 Å². The van der Waals surface area contributed by atoms with Crippen molar-refractivity contribution in [1.82, 2.24) is 5.32 Å². The standard InChI is InChI=1S/C13H18NO4.3CH3.Sn/c1-4-7-14-13(15)10-5-6-11(17-3)12(8-10)18-9-16-2;;;;/h5-6H,4,7,9H2,1-3H3,(H,14,15);3*1H3;. The fourth-order valence-electron chi connectivity index (χ4n) is 2.25. The van der Waals surface area contributed by atoms with E-state index in [2.05, 4.69) is 20.1 Å². The molecule has 0 aliphatic rings. The molecule has 6 heteroatoms. The number of nitrogens with one attached hydrogen (secondary N) is 1. The van der Waals surface area contributed by atoms with Crippen molar-refractivity contribution in [3.8, 4) is 11.5 Å². The van der Waals surface area contributed by atoms with E-state index in [1.165, 1.54) is 0 Å². The summed E-state index contributed by atoms with van der Waals surface area (Å²) in [4.78, 5) is 19.2. The number of carbonyl (C=O) groups excluding carboxylic acids is 1. The summed E-state index contributed by atoms with van der Waals surface area (Å²) in [6.45, 7) is 2.83. The van der Waals surface area contributed by atoms with Crippen LogP contribution in [0, 0.1) is 0 Å². The number of ether oxygens (including phenoxy) is 3. The third-order valence-corrected chi connectivity index (χ3v) is 8.89. The van der Waals surface area contributed by atoms with Gasteiger partial charge < -0.3 is 0 Å². The van der Waals surface area contributed by atoms with E-state index in [1.807, 2.05) is 13.0 Å². The van der Waals surface area contributed by atoms with Gasteiger partial charge in [-0.3, -0.25) is 0 Å². The molecule has 1 N–H and O–H groups in total. The van der Waals surface area contributed by atoms with Gasteiger partial charge in [0.2, 0.25) is 0 Å². The first-order valence-electron chi connectivity index (χ1n) is 7.48. The monoisotopic (exact) mass is 417 g/mol. The average Bonchev–Trinajstić information content (AvgIpc) is 2.48. The second-order valence-corrected chi connectivity index (χ2v) is 20.3. The summed E-state index contributed by atoms with van der Waals surface area (Å²) in [7, 11) is 3.18. The van der Waals surface area contributed by atoms with Crippen molar-refractivity contribution in [3.05, 3.63) is 17.7 Å². The topological polar surface area (TPSA) is 56.8 Å². The zero-order valence-electron chi connectivity index (χ0n) is 14.4. The third kappa shape index (κ3) is 4.78. The van der Waals surface area contributed by atoms with Crippen LogP contribution in [0.1, 0.15) is 23.7 Å². The Balaban J connectivity index is 3.40. The fraction of sp³-hybridized carbons (Fsp3) is 0.562. The molecule has 5 nitrogen and oxygen atoms in total. The van der Waals surface area contributed by atoms with Crippen LogP contribution in [-0.2, 0) is 4.74 Å². The molecule has 1 aromatic rings. The van der Waals surface area contributed by atoms with Gasteiger partial charge in [0.25, 0.3) is 0 Å². The van der Waals surface area contributed by atoms with Crippen LogP contribution in [0.5, 0.6) is 11.5 Å². The zero-order chi connectivity index (χ0) is 16.8. The van der Waals surface area contributed by atoms with Gasteiger partial charge >= 0.3 is 137 Å². The molecular formula is C16H27NO4Sn. The summed E-state index contributed by atoms with van der Waals surface area (Å²) >= 11 is -2.64. The van der Waals surface area contributed by atoms with Gasteiger partial charge in [-0.25, -0.2) is 0 Å². The van der Waals surface area contributed by atoms with Crippen molar-refractivity contribution in [3.63, 3.8) is 0 Å². The number of carbonyl (C=O) groups is 1. The Labute approximate surface area is 137 Å². The van der Waals surface area contributed by atoms with Crippen molar-refractivity contribution < 1.29 is 19.0 Å². The minimum absolute atomic E-state index is 0.0478. The fourth-order valence-corrected chi connectivity index (χ4v) is 7.62. The Kier molecular flexibility index (Phi) is 7.48. The molecule has 1 rings (SSSR count). The van der Waals surface area contributed by atoms with E-state index >= 15 is 0 Å². The van der Waals surface area contributed by atoms with Crippen molar-refractivity contribution >= 4 is 27.9 Å². The first kappa shape index (κ1) is 19.1. The molecule has 0 saturated carbocycles. The Morgan fingerprint density at radius 3 is 2.41 bits per heavy atom. The van der Waals surface area contributed by atoms with Crippen LogP contribution in [0.4, 0.5) is 0 Å². The number of amides is 1. The molecule has 1 aromatic carbocycles. The molecule has 0 fully saturated rings. The summed E-state index contributed by atoms with van der Waals surface area (Å²) in [5.41, 5.74) is 0.698. The quantitative estimate of drug-likeness (QED) is 0.523. The molecule has 22 heavy (non-hydrogen) atoms. The molecule has 1 amide bonds. The van der Waals surface area contributed by atoms with E-state index in [1.54, 1.807) is 20.3 Å². The molecule has 0 unspecified atom stereocenters. The molecule has 124 valence electrons. The van der Waals surface area contributed by atoms with Gasteiger partial charge in [0.1, 0.15) is 0 Å². The van der Waals surface area contributed by atoms with Crippen molar-refractivity contribution in [2.75, 3.05) is 27.6 Å². The molecule has 0 heterocycles. The van der Waals surface area contributed by atoms with E-state index < -0.39 is 18.4 Å². The summed E-state index contributed by atoms with van der Waals surface area (Å²) in [6, 6.07) is 3.62. The van der Waals surface area contributed by atoms with Crippen LogP contribution in [-0.4, -0.2) is 51.8 Å². The van der Waals surface area contributed by atoms with Crippen LogP contribution in [0.2, 0.25) is 14.8 Å². The predicted octanol–water partition coefficient (Wildman–Crippen LogP) is 2.36. The SMILES string of the molecule is CCCNC(=O)c1ccc(OC)c(OCOC)[c]1[Sn]([CH3])([CH3])[CH3]. The summed E-state index contributed by atoms with van der Waals surface area (Å²) in [5.74, 6) is 1.25. The number of hydrogen-bond acceptors (Lipinski definition) is 4. The van der Waals surface area contributed by atoms with E-state index in [0.29, 0.717) is 23.6 Å². The van der Waals surface area contributed by atoms with Crippen molar-refractivity contribution in [1.29, 1.82) is 0 Å². The first-order valence-corrected chi connectivity index (χ1v) is 17.5. The molecule has 0 spiro atoms. The molecule has 0 saturated heterocycles. The average molecular weight is 416 g/mol. The maximum absolute atomic E-state index is 12.5. The maximum atomic E-state index is 12.5. The number of rotatable bonds is 8. The Hall–Kier alpha value is -0.951. The van der Waals surface area contributed by atoms with E-state index in [4.69, 9.17) is 14.2 Å². The van der Waals surface area contributed by atoms with Gasteiger partial charge in [0.15, 0.2) is 0 Å². The van der Waals surface area contributed by atoms with Crippen LogP contribution in [0.25, 0.3) is 0 Å². The van der Waals surface area contributed by atoms with Gasteiger partial charge in [-0.15, -0.1) is 0 Å². The van der Waals surface area contributed by atoms with Crippen molar-refractivity contribution in [2.24, 2.45) is 0 Å². The third-order valence-electron chi connectivity index (χ3n) is 3.19. The second kappa shape index (κ2) is 8.62. The van der Waals surface area contributed by atoms with Crippen LogP contribution < -0.4 is 18.4 Å². The molecule has 0 aliphatic carbocycles. The second-order valence-electron chi connectivity index (χ2n) is 6.08. The normalized spacial score (nSPS) is 11.2. The molecular weight excluding hydrogens is 389 g/mol. The Morgan fingerprint density at radius 2 is 1.91 bits per heavy atom. The molecule has 0 aromatic heterocycles. The minimum atomic E-state index is -2.64. The Morgan fingerprint density at radius 1 is 1.23 bits per heavy atom. The summed E-state index contributed by atoms with van der Waals surface area (Å²) < 4.78 is 17.2. The van der Waals surface area contributed by atoms with Gasteiger partial charge in [-0.05, 0) is 0 Å². The van der Waals surface area contributed by atoms with Gasteiger partial charge in [0.05, 0.1) is 0 Å². The van der Waals surface area contributed by atoms with Crippen LogP contribution in [0.15, 0.2) is 12.1 Å². The predicted molar refractivity (Wildman–Crippen MR) is 91.1 cm³/mol. The van der Waals surface area contributed by atoms with Gasteiger partial charge in [0, 0.05) is 0 Å². The Bertz CT molecular complexity index is 512. The zero-order valence-corrected chi connectivity index (χ0v) is 17.3. The van der Waals surface area contributed by atoms with Gasteiger partial charge in [-0.2, -0.15) is 0 Å². The van der Waals surface area contributed by atoms with E-state index in [-0.39, 0.29) is 12.7 Å². The van der Waals surface area contributed by atoms with Crippen molar-refractivity contribution in [2.45, 2.75) is 28.2 Å². The molecule has 0 bridgehead atoms. The summed E-state index contributed by atoms with van der Waals surface area (Å²) in [5, 5.41) is 2.95. The molecule has 0 aliphatic heterocycles. The van der Waals surface area contributed by atoms with E-state index in [0.717, 1.165) is 10.0 Å². The van der Waals surface area contributed by atoms with Crippen LogP contribution in [0.3, 0.4) is 0 Å². The number of hydrogen-bond donors (Lipinski definition) is 1.